The van der Waals surface area contributed by atoms with Crippen LogP contribution in [-0.4, -0.2) is 38.0 Å². The molecule has 0 saturated carbocycles. The summed E-state index contributed by atoms with van der Waals surface area (Å²) < 4.78 is 15.4. The molecule has 1 atom stereocenters. The van der Waals surface area contributed by atoms with Crippen molar-refractivity contribution in [2.45, 2.75) is 20.0 Å². The minimum Gasteiger partial charge on any atom is -0.426 e. The highest BCUT2D eigenvalue weighted by Crippen LogP contribution is 2.15. The summed E-state index contributed by atoms with van der Waals surface area (Å²) in [5.74, 6) is -0.0218. The molecule has 0 aliphatic rings. The van der Waals surface area contributed by atoms with E-state index < -0.39 is 0 Å². The lowest BCUT2D eigenvalue weighted by Gasteiger charge is -2.11. The lowest BCUT2D eigenvalue weighted by molar-refractivity contribution is -0.139. The van der Waals surface area contributed by atoms with Crippen molar-refractivity contribution >= 4 is 5.97 Å². The molecular formula is C15H22O5. The van der Waals surface area contributed by atoms with Gasteiger partial charge in [0.2, 0.25) is 0 Å². The van der Waals surface area contributed by atoms with Gasteiger partial charge in [0.1, 0.15) is 5.75 Å². The Kier molecular flexibility index (Phi) is 7.87. The number of aliphatic hydroxyl groups excluding tert-OH is 1. The van der Waals surface area contributed by atoms with E-state index in [-0.39, 0.29) is 18.5 Å². The highest BCUT2D eigenvalue weighted by molar-refractivity contribution is 5.74. The van der Waals surface area contributed by atoms with Crippen LogP contribution in [0.25, 0.3) is 0 Å². The van der Waals surface area contributed by atoms with Gasteiger partial charge in [-0.3, -0.25) is 4.79 Å². The Morgan fingerprint density at radius 2 is 1.90 bits per heavy atom. The van der Waals surface area contributed by atoms with E-state index in [1.807, 2.05) is 6.92 Å². The second kappa shape index (κ2) is 9.47. The zero-order valence-electron chi connectivity index (χ0n) is 12.0. The summed E-state index contributed by atoms with van der Waals surface area (Å²) >= 11 is 0. The molecule has 0 aromatic heterocycles. The number of carbonyl (C=O) groups excluding carboxylic acids is 1. The highest BCUT2D eigenvalue weighted by atomic mass is 16.5. The predicted octanol–water partition coefficient (Wildman–Crippen LogP) is 1.77. The molecule has 5 heteroatoms. The standard InChI is InChI=1S/C15H22O5/c1-12(7-8-19-10-9-18-2)15(17)20-14-5-3-13(11-16)4-6-14/h3-6,12,16H,7-11H2,1-2H3. The maximum absolute atomic E-state index is 11.8. The number of hydrogen-bond acceptors (Lipinski definition) is 5. The number of aliphatic hydroxyl groups is 1. The van der Waals surface area contributed by atoms with Crippen molar-refractivity contribution in [3.63, 3.8) is 0 Å². The summed E-state index contributed by atoms with van der Waals surface area (Å²) in [6.45, 7) is 3.37. The Morgan fingerprint density at radius 3 is 2.50 bits per heavy atom. The first kappa shape index (κ1) is 16.6. The lowest BCUT2D eigenvalue weighted by atomic mass is 10.1. The first-order valence-electron chi connectivity index (χ1n) is 6.65. The minimum absolute atomic E-state index is 0.0244. The molecule has 0 bridgehead atoms. The molecule has 1 aromatic rings. The van der Waals surface area contributed by atoms with Gasteiger partial charge in [-0.05, 0) is 24.1 Å². The molecule has 1 aromatic carbocycles. The maximum atomic E-state index is 11.8. The Bertz CT molecular complexity index is 388. The average Bonchev–Trinajstić information content (AvgIpc) is 2.47. The van der Waals surface area contributed by atoms with Crippen LogP contribution in [0.1, 0.15) is 18.9 Å². The van der Waals surface area contributed by atoms with Crippen molar-refractivity contribution in [2.24, 2.45) is 5.92 Å². The molecule has 0 spiro atoms. The summed E-state index contributed by atoms with van der Waals surface area (Å²) in [5.41, 5.74) is 0.782. The molecule has 1 rings (SSSR count). The third-order valence-corrected chi connectivity index (χ3v) is 2.85. The molecule has 0 fully saturated rings. The second-order valence-electron chi connectivity index (χ2n) is 4.52. The summed E-state index contributed by atoms with van der Waals surface area (Å²) in [6.07, 6.45) is 0.608. The van der Waals surface area contributed by atoms with Crippen molar-refractivity contribution in [3.8, 4) is 5.75 Å². The monoisotopic (exact) mass is 282 g/mol. The summed E-state index contributed by atoms with van der Waals surface area (Å²) in [4.78, 5) is 11.8. The Balaban J connectivity index is 2.29. The van der Waals surface area contributed by atoms with Gasteiger partial charge in [0, 0.05) is 13.7 Å². The molecule has 0 aliphatic carbocycles. The van der Waals surface area contributed by atoms with Crippen molar-refractivity contribution in [3.05, 3.63) is 29.8 Å². The van der Waals surface area contributed by atoms with E-state index >= 15 is 0 Å². The minimum atomic E-state index is -0.280. The van der Waals surface area contributed by atoms with Gasteiger partial charge >= 0.3 is 5.97 Å². The molecule has 1 unspecified atom stereocenters. The number of esters is 1. The first-order valence-corrected chi connectivity index (χ1v) is 6.65. The summed E-state index contributed by atoms with van der Waals surface area (Å²) in [5, 5.41) is 8.93. The lowest BCUT2D eigenvalue weighted by Crippen LogP contribution is -2.19. The average molecular weight is 282 g/mol. The summed E-state index contributed by atoms with van der Waals surface area (Å²) in [7, 11) is 1.62. The number of rotatable bonds is 9. The van der Waals surface area contributed by atoms with Gasteiger partial charge in [-0.25, -0.2) is 0 Å². The largest absolute Gasteiger partial charge is 0.426 e. The van der Waals surface area contributed by atoms with Crippen LogP contribution < -0.4 is 4.74 Å². The molecule has 112 valence electrons. The second-order valence-corrected chi connectivity index (χ2v) is 4.52. The molecule has 0 amide bonds. The van der Waals surface area contributed by atoms with E-state index in [1.165, 1.54) is 0 Å². The van der Waals surface area contributed by atoms with E-state index in [4.69, 9.17) is 19.3 Å². The fraction of sp³-hybridized carbons (Fsp3) is 0.533. The normalized spacial score (nSPS) is 12.2. The van der Waals surface area contributed by atoms with E-state index in [2.05, 4.69) is 0 Å². The van der Waals surface area contributed by atoms with Gasteiger partial charge in [0.25, 0.3) is 0 Å². The molecule has 0 radical (unpaired) electrons. The van der Waals surface area contributed by atoms with E-state index in [1.54, 1.807) is 31.4 Å². The molecule has 0 saturated heterocycles. The number of benzene rings is 1. The van der Waals surface area contributed by atoms with Gasteiger partial charge in [-0.15, -0.1) is 0 Å². The molecule has 0 heterocycles. The number of ether oxygens (including phenoxy) is 3. The molecular weight excluding hydrogens is 260 g/mol. The SMILES string of the molecule is COCCOCCC(C)C(=O)Oc1ccc(CO)cc1. The van der Waals surface area contributed by atoms with Crippen LogP contribution in [-0.2, 0) is 20.9 Å². The van der Waals surface area contributed by atoms with Crippen LogP contribution in [0.15, 0.2) is 24.3 Å². The topological polar surface area (TPSA) is 65.0 Å². The molecule has 20 heavy (non-hydrogen) atoms. The van der Waals surface area contributed by atoms with E-state index in [0.29, 0.717) is 32.0 Å². The molecule has 0 aliphatic heterocycles. The Labute approximate surface area is 119 Å². The van der Waals surface area contributed by atoms with Gasteiger partial charge in [0.15, 0.2) is 0 Å². The summed E-state index contributed by atoms with van der Waals surface area (Å²) in [6, 6.07) is 6.79. The zero-order chi connectivity index (χ0) is 14.8. The van der Waals surface area contributed by atoms with Gasteiger partial charge in [-0.1, -0.05) is 19.1 Å². The number of carbonyl (C=O) groups is 1. The van der Waals surface area contributed by atoms with Crippen molar-refractivity contribution < 1.29 is 24.1 Å². The Hall–Kier alpha value is -1.43. The smallest absolute Gasteiger partial charge is 0.314 e. The maximum Gasteiger partial charge on any atom is 0.314 e. The third kappa shape index (κ3) is 6.14. The van der Waals surface area contributed by atoms with Crippen LogP contribution in [0.2, 0.25) is 0 Å². The van der Waals surface area contributed by atoms with Crippen LogP contribution >= 0.6 is 0 Å². The van der Waals surface area contributed by atoms with Crippen LogP contribution in [0.4, 0.5) is 0 Å². The highest BCUT2D eigenvalue weighted by Gasteiger charge is 2.15. The van der Waals surface area contributed by atoms with Crippen molar-refractivity contribution in [1.29, 1.82) is 0 Å². The van der Waals surface area contributed by atoms with Crippen molar-refractivity contribution in [1.82, 2.24) is 0 Å². The first-order chi connectivity index (χ1) is 9.67. The zero-order valence-corrected chi connectivity index (χ0v) is 12.0. The van der Waals surface area contributed by atoms with Crippen LogP contribution in [0.3, 0.4) is 0 Å². The van der Waals surface area contributed by atoms with Gasteiger partial charge in [0.05, 0.1) is 25.7 Å². The molecule has 1 N–H and O–H groups in total. The van der Waals surface area contributed by atoms with Gasteiger partial charge < -0.3 is 19.3 Å². The Morgan fingerprint density at radius 1 is 1.20 bits per heavy atom. The van der Waals surface area contributed by atoms with E-state index in [9.17, 15) is 4.79 Å². The number of hydrogen-bond donors (Lipinski definition) is 1. The van der Waals surface area contributed by atoms with Crippen molar-refractivity contribution in [2.75, 3.05) is 26.9 Å². The fourth-order valence-corrected chi connectivity index (χ4v) is 1.50. The van der Waals surface area contributed by atoms with Crippen LogP contribution in [0, 0.1) is 5.92 Å². The predicted molar refractivity (Wildman–Crippen MR) is 74.5 cm³/mol. The fourth-order valence-electron chi connectivity index (χ4n) is 1.50. The van der Waals surface area contributed by atoms with Gasteiger partial charge in [-0.2, -0.15) is 0 Å². The number of methoxy groups -OCH3 is 1. The van der Waals surface area contributed by atoms with E-state index in [0.717, 1.165) is 5.56 Å². The third-order valence-electron chi connectivity index (χ3n) is 2.85. The van der Waals surface area contributed by atoms with Crippen LogP contribution in [0.5, 0.6) is 5.75 Å². The molecule has 5 nitrogen and oxygen atoms in total. The quantitative estimate of drug-likeness (QED) is 0.425.